The highest BCUT2D eigenvalue weighted by Crippen LogP contribution is 2.45. The second kappa shape index (κ2) is 13.3. The summed E-state index contributed by atoms with van der Waals surface area (Å²) in [5.41, 5.74) is 10.4. The summed E-state index contributed by atoms with van der Waals surface area (Å²) in [7, 11) is 0. The van der Waals surface area contributed by atoms with E-state index in [2.05, 4.69) is 20.9 Å². The second-order valence-corrected chi connectivity index (χ2v) is 11.1. The number of benzene rings is 1. The Morgan fingerprint density at radius 2 is 1.78 bits per heavy atom. The lowest BCUT2D eigenvalue weighted by atomic mass is 9.78. The number of halogens is 2. The summed E-state index contributed by atoms with van der Waals surface area (Å²) in [6, 6.07) is 6.45. The Hall–Kier alpha value is -2.62. The second-order valence-electron chi connectivity index (χ2n) is 10.2. The Labute approximate surface area is 225 Å². The molecule has 1 aromatic carbocycles. The van der Waals surface area contributed by atoms with E-state index in [4.69, 9.17) is 11.5 Å². The van der Waals surface area contributed by atoms with Gasteiger partial charge >= 0.3 is 0 Å². The normalized spacial score (nSPS) is 19.4. The van der Waals surface area contributed by atoms with Crippen LogP contribution in [-0.2, 0) is 14.4 Å². The summed E-state index contributed by atoms with van der Waals surface area (Å²) < 4.78 is 14.1. The summed E-state index contributed by atoms with van der Waals surface area (Å²) in [5, 5.41) is 0. The van der Waals surface area contributed by atoms with Crippen LogP contribution in [0, 0.1) is 11.3 Å². The Balaban J connectivity index is 1.71. The van der Waals surface area contributed by atoms with Gasteiger partial charge in [-0.3, -0.25) is 24.2 Å². The highest BCUT2D eigenvalue weighted by Gasteiger charge is 2.48. The van der Waals surface area contributed by atoms with Gasteiger partial charge < -0.3 is 16.4 Å². The van der Waals surface area contributed by atoms with Gasteiger partial charge in [0.2, 0.25) is 5.91 Å². The van der Waals surface area contributed by atoms with Gasteiger partial charge in [0.05, 0.1) is 11.5 Å². The highest BCUT2D eigenvalue weighted by molar-refractivity contribution is 9.10. The van der Waals surface area contributed by atoms with Crippen LogP contribution in [0.2, 0.25) is 0 Å². The Morgan fingerprint density at radius 1 is 1.11 bits per heavy atom. The zero-order valence-corrected chi connectivity index (χ0v) is 22.7. The molecular weight excluding hydrogens is 543 g/mol. The van der Waals surface area contributed by atoms with Crippen molar-refractivity contribution >= 4 is 45.1 Å². The first-order valence-electron chi connectivity index (χ1n) is 12.9. The number of rotatable bonds is 13. The minimum Gasteiger partial charge on any atom is -0.370 e. The van der Waals surface area contributed by atoms with Gasteiger partial charge in [-0.25, -0.2) is 4.39 Å². The van der Waals surface area contributed by atoms with Gasteiger partial charge in [0.1, 0.15) is 6.67 Å². The first kappa shape index (κ1) is 28.9. The fraction of sp³-hybridized carbons (Fsp3) is 0.593. The maximum atomic E-state index is 13.9. The standard InChI is InChI=1S/C27H36BrFN4O4/c28-20-9-7-18(8-10-20)23(35)16-27(11-1-2-12-27)25(37)33-14-4-6-21(33)22(34)15-19(24(36)17-29)5-3-13-32-26(30)31/h7-10,19,21H,1-6,11-17H2,(H4,30,31,32)/t19-,21+/m1/s1. The molecule has 2 atom stereocenters. The zero-order chi connectivity index (χ0) is 27.0. The van der Waals surface area contributed by atoms with Gasteiger partial charge in [-0.15, -0.1) is 0 Å². The highest BCUT2D eigenvalue weighted by atomic mass is 79.9. The number of ketones is 3. The van der Waals surface area contributed by atoms with Crippen LogP contribution in [-0.4, -0.2) is 59.9 Å². The van der Waals surface area contributed by atoms with Gasteiger partial charge in [0, 0.05) is 41.9 Å². The van der Waals surface area contributed by atoms with E-state index in [0.717, 1.165) is 17.3 Å². The number of amides is 1. The molecule has 1 heterocycles. The Morgan fingerprint density at radius 3 is 2.41 bits per heavy atom. The van der Waals surface area contributed by atoms with Gasteiger partial charge in [-0.05, 0) is 50.7 Å². The van der Waals surface area contributed by atoms with E-state index in [1.54, 1.807) is 29.2 Å². The zero-order valence-electron chi connectivity index (χ0n) is 21.1. The predicted octanol–water partition coefficient (Wildman–Crippen LogP) is 3.74. The van der Waals surface area contributed by atoms with E-state index >= 15 is 0 Å². The first-order valence-corrected chi connectivity index (χ1v) is 13.7. The molecule has 4 N–H and O–H groups in total. The molecule has 1 aliphatic carbocycles. The van der Waals surface area contributed by atoms with Crippen molar-refractivity contribution in [1.82, 2.24) is 4.90 Å². The number of guanidine groups is 1. The number of Topliss-reactive ketones (excluding diaryl/α,β-unsaturated/α-hetero) is 3. The van der Waals surface area contributed by atoms with Gasteiger partial charge in [0.25, 0.3) is 0 Å². The third-order valence-electron chi connectivity index (χ3n) is 7.60. The van der Waals surface area contributed by atoms with E-state index < -0.39 is 29.8 Å². The van der Waals surface area contributed by atoms with Crippen molar-refractivity contribution in [3.8, 4) is 0 Å². The number of hydrogen-bond donors (Lipinski definition) is 2. The molecular formula is C27H36BrFN4O4. The number of aliphatic imine (C=N–C) groups is 1. The number of nitrogens with two attached hydrogens (primary N) is 2. The monoisotopic (exact) mass is 578 g/mol. The average Bonchev–Trinajstić information content (AvgIpc) is 3.56. The third-order valence-corrected chi connectivity index (χ3v) is 8.13. The summed E-state index contributed by atoms with van der Waals surface area (Å²) in [4.78, 5) is 58.1. The van der Waals surface area contributed by atoms with E-state index in [0.29, 0.717) is 44.2 Å². The van der Waals surface area contributed by atoms with Crippen molar-refractivity contribution in [2.24, 2.45) is 27.8 Å². The quantitative estimate of drug-likeness (QED) is 0.158. The topological polar surface area (TPSA) is 136 Å². The fourth-order valence-corrected chi connectivity index (χ4v) is 5.89. The first-order chi connectivity index (χ1) is 17.7. The molecule has 3 rings (SSSR count). The molecule has 1 aromatic rings. The molecule has 1 saturated heterocycles. The molecule has 1 aliphatic heterocycles. The molecule has 8 nitrogen and oxygen atoms in total. The summed E-state index contributed by atoms with van der Waals surface area (Å²) in [6.45, 7) is -0.417. The minimum atomic E-state index is -1.14. The molecule has 2 fully saturated rings. The summed E-state index contributed by atoms with van der Waals surface area (Å²) in [6.07, 6.45) is 4.83. The molecule has 1 saturated carbocycles. The largest absolute Gasteiger partial charge is 0.370 e. The van der Waals surface area contributed by atoms with Crippen LogP contribution in [0.15, 0.2) is 33.7 Å². The number of likely N-dealkylation sites (tertiary alicyclic amines) is 1. The van der Waals surface area contributed by atoms with Gasteiger partial charge in [0.15, 0.2) is 23.3 Å². The van der Waals surface area contributed by atoms with Gasteiger partial charge in [-0.2, -0.15) is 0 Å². The summed E-state index contributed by atoms with van der Waals surface area (Å²) in [5.74, 6) is -1.92. The van der Waals surface area contributed by atoms with E-state index in [9.17, 15) is 23.6 Å². The molecule has 2 aliphatic rings. The Kier molecular flexibility index (Phi) is 10.4. The fourth-order valence-electron chi connectivity index (χ4n) is 5.62. The van der Waals surface area contributed by atoms with Crippen molar-refractivity contribution in [2.45, 2.75) is 70.3 Å². The molecule has 0 unspecified atom stereocenters. The lowest BCUT2D eigenvalue weighted by molar-refractivity contribution is -0.146. The number of carbonyl (C=O) groups is 4. The van der Waals surface area contributed by atoms with Crippen LogP contribution < -0.4 is 11.5 Å². The van der Waals surface area contributed by atoms with Crippen LogP contribution in [0.5, 0.6) is 0 Å². The van der Waals surface area contributed by atoms with E-state index in [1.807, 2.05) is 0 Å². The maximum absolute atomic E-state index is 13.9. The molecule has 0 bridgehead atoms. The number of nitrogens with zero attached hydrogens (tertiary/aromatic N) is 2. The van der Waals surface area contributed by atoms with Crippen LogP contribution >= 0.6 is 15.9 Å². The molecule has 0 spiro atoms. The van der Waals surface area contributed by atoms with Crippen molar-refractivity contribution < 1.29 is 23.6 Å². The van der Waals surface area contributed by atoms with E-state index in [-0.39, 0.29) is 49.2 Å². The third kappa shape index (κ3) is 7.46. The predicted molar refractivity (Wildman–Crippen MR) is 143 cm³/mol. The number of hydrogen-bond acceptors (Lipinski definition) is 5. The maximum Gasteiger partial charge on any atom is 0.229 e. The van der Waals surface area contributed by atoms with Crippen molar-refractivity contribution in [3.05, 3.63) is 34.3 Å². The lowest BCUT2D eigenvalue weighted by Crippen LogP contribution is -2.49. The number of alkyl halides is 1. The molecule has 0 radical (unpaired) electrons. The molecule has 202 valence electrons. The molecule has 1 amide bonds. The van der Waals surface area contributed by atoms with Crippen LogP contribution in [0.25, 0.3) is 0 Å². The Bertz CT molecular complexity index is 1020. The molecule has 0 aromatic heterocycles. The summed E-state index contributed by atoms with van der Waals surface area (Å²) >= 11 is 3.37. The van der Waals surface area contributed by atoms with E-state index in [1.165, 1.54) is 0 Å². The molecule has 10 heteroatoms. The minimum absolute atomic E-state index is 0.0657. The smallest absolute Gasteiger partial charge is 0.229 e. The van der Waals surface area contributed by atoms with Crippen LogP contribution in [0.1, 0.15) is 74.6 Å². The van der Waals surface area contributed by atoms with Crippen LogP contribution in [0.3, 0.4) is 0 Å². The van der Waals surface area contributed by atoms with Crippen LogP contribution in [0.4, 0.5) is 4.39 Å². The lowest BCUT2D eigenvalue weighted by Gasteiger charge is -2.35. The average molecular weight is 580 g/mol. The number of carbonyl (C=O) groups excluding carboxylic acids is 4. The SMILES string of the molecule is NC(N)=NCCC[C@H](CC(=O)[C@@H]1CCCN1C(=O)C1(CC(=O)c2ccc(Br)cc2)CCCC1)C(=O)CF. The van der Waals surface area contributed by atoms with Crippen molar-refractivity contribution in [2.75, 3.05) is 19.8 Å². The van der Waals surface area contributed by atoms with Crippen molar-refractivity contribution in [3.63, 3.8) is 0 Å². The van der Waals surface area contributed by atoms with Gasteiger partial charge in [-0.1, -0.05) is 40.9 Å². The molecule has 37 heavy (non-hydrogen) atoms. The van der Waals surface area contributed by atoms with Crippen molar-refractivity contribution in [1.29, 1.82) is 0 Å².